The summed E-state index contributed by atoms with van der Waals surface area (Å²) in [5.74, 6) is 0.812. The summed E-state index contributed by atoms with van der Waals surface area (Å²) in [6.45, 7) is 5.79. The van der Waals surface area contributed by atoms with Crippen molar-refractivity contribution in [2.45, 2.75) is 13.3 Å². The van der Waals surface area contributed by atoms with Crippen LogP contribution in [0.4, 0.5) is 5.82 Å². The molecular weight excluding hydrogens is 176 g/mol. The zero-order chi connectivity index (χ0) is 10.4. The van der Waals surface area contributed by atoms with Crippen LogP contribution in [0, 0.1) is 0 Å². The maximum Gasteiger partial charge on any atom is 0.147 e. The molecule has 0 unspecified atom stereocenters. The number of hydrazine groups is 2. The highest BCUT2D eigenvalue weighted by molar-refractivity contribution is 5.40. The summed E-state index contributed by atoms with van der Waals surface area (Å²) in [6, 6.07) is 4.00. The predicted molar refractivity (Wildman–Crippen MR) is 58.5 cm³/mol. The molecule has 0 saturated heterocycles. The molecule has 0 fully saturated rings. The number of rotatable bonds is 5. The molecule has 0 bridgehead atoms. The average molecular weight is 192 g/mol. The normalized spacial score (nSPS) is 9.86. The van der Waals surface area contributed by atoms with Crippen LogP contribution in [0.5, 0.6) is 0 Å². The van der Waals surface area contributed by atoms with Crippen LogP contribution in [-0.2, 0) is 6.42 Å². The van der Waals surface area contributed by atoms with E-state index in [1.807, 2.05) is 12.3 Å². The monoisotopic (exact) mass is 192 g/mol. The molecule has 4 heteroatoms. The Hall–Kier alpha value is -1.39. The third-order valence-corrected chi connectivity index (χ3v) is 1.88. The fraction of sp³-hybridized carbons (Fsp3) is 0.300. The van der Waals surface area contributed by atoms with Crippen molar-refractivity contribution in [3.63, 3.8) is 0 Å². The molecule has 14 heavy (non-hydrogen) atoms. The first kappa shape index (κ1) is 10.7. The molecule has 0 spiro atoms. The van der Waals surface area contributed by atoms with Gasteiger partial charge < -0.3 is 0 Å². The number of aromatic nitrogens is 1. The molecule has 1 aromatic heterocycles. The lowest BCUT2D eigenvalue weighted by molar-refractivity contribution is 0.599. The fourth-order valence-electron chi connectivity index (χ4n) is 1.09. The molecule has 4 nitrogen and oxygen atoms in total. The number of pyridine rings is 1. The minimum absolute atomic E-state index is 0.812. The van der Waals surface area contributed by atoms with Crippen molar-refractivity contribution < 1.29 is 0 Å². The molecule has 0 radical (unpaired) electrons. The van der Waals surface area contributed by atoms with Gasteiger partial charge in [-0.05, 0) is 18.1 Å². The van der Waals surface area contributed by atoms with Crippen molar-refractivity contribution in [3.8, 4) is 0 Å². The van der Waals surface area contributed by atoms with Gasteiger partial charge in [0.25, 0.3) is 0 Å². The van der Waals surface area contributed by atoms with Crippen molar-refractivity contribution in [1.82, 2.24) is 15.9 Å². The van der Waals surface area contributed by atoms with Gasteiger partial charge in [0.2, 0.25) is 0 Å². The van der Waals surface area contributed by atoms with E-state index < -0.39 is 0 Å². The molecule has 1 heterocycles. The molecule has 0 aliphatic carbocycles. The van der Waals surface area contributed by atoms with Crippen LogP contribution < -0.4 is 16.0 Å². The van der Waals surface area contributed by atoms with Gasteiger partial charge in [0.05, 0.1) is 0 Å². The number of anilines is 1. The van der Waals surface area contributed by atoms with Gasteiger partial charge in [-0.2, -0.15) is 5.53 Å². The first-order valence-corrected chi connectivity index (χ1v) is 4.61. The Morgan fingerprint density at radius 3 is 2.79 bits per heavy atom. The van der Waals surface area contributed by atoms with Crippen LogP contribution in [0.3, 0.4) is 0 Å². The van der Waals surface area contributed by atoms with Crippen LogP contribution in [0.1, 0.15) is 12.5 Å². The minimum Gasteiger partial charge on any atom is -0.254 e. The van der Waals surface area contributed by atoms with Crippen LogP contribution >= 0.6 is 0 Å². The summed E-state index contributed by atoms with van der Waals surface area (Å²) in [5.41, 5.74) is 6.92. The molecule has 0 aliphatic heterocycles. The molecule has 0 aromatic carbocycles. The molecule has 0 saturated carbocycles. The second kappa shape index (κ2) is 5.36. The Morgan fingerprint density at radius 2 is 2.36 bits per heavy atom. The van der Waals surface area contributed by atoms with Crippen molar-refractivity contribution in [2.75, 3.05) is 12.1 Å². The minimum atomic E-state index is 0.812. The molecule has 0 amide bonds. The van der Waals surface area contributed by atoms with Crippen molar-refractivity contribution >= 4 is 5.82 Å². The molecular formula is C10H16N4. The number of aryl methyl sites for hydroxylation is 1. The van der Waals surface area contributed by atoms with Crippen molar-refractivity contribution in [3.05, 3.63) is 36.7 Å². The quantitative estimate of drug-likeness (QED) is 0.688. The number of nitrogens with one attached hydrogen (secondary N) is 2. The highest BCUT2D eigenvalue weighted by Gasteiger charge is 2.01. The number of nitrogens with zero attached hydrogens (tertiary/aromatic N) is 2. The standard InChI is InChI=1S/C10H16N4/c1-4-9-6-7-10(12-8-9)14(5-2)13-11-3/h5-8,11,13H,2,4H2,1,3H3. The van der Waals surface area contributed by atoms with Gasteiger partial charge in [0, 0.05) is 19.4 Å². The van der Waals surface area contributed by atoms with Crippen LogP contribution in [0.25, 0.3) is 0 Å². The van der Waals surface area contributed by atoms with E-state index in [1.54, 1.807) is 18.3 Å². The van der Waals surface area contributed by atoms with Crippen LogP contribution in [-0.4, -0.2) is 12.0 Å². The molecule has 1 rings (SSSR count). The van der Waals surface area contributed by atoms with E-state index in [0.29, 0.717) is 0 Å². The van der Waals surface area contributed by atoms with E-state index in [4.69, 9.17) is 0 Å². The largest absolute Gasteiger partial charge is 0.254 e. The zero-order valence-electron chi connectivity index (χ0n) is 8.62. The van der Waals surface area contributed by atoms with Crippen molar-refractivity contribution in [2.24, 2.45) is 0 Å². The van der Waals surface area contributed by atoms with Gasteiger partial charge >= 0.3 is 0 Å². The summed E-state index contributed by atoms with van der Waals surface area (Å²) in [5, 5.41) is 1.71. The Morgan fingerprint density at radius 1 is 1.57 bits per heavy atom. The lowest BCUT2D eigenvalue weighted by Gasteiger charge is -2.18. The summed E-state index contributed by atoms with van der Waals surface area (Å²) in [4.78, 5) is 4.29. The van der Waals surface area contributed by atoms with Gasteiger partial charge in [0.1, 0.15) is 5.82 Å². The van der Waals surface area contributed by atoms with Crippen molar-refractivity contribution in [1.29, 1.82) is 0 Å². The molecule has 0 aliphatic rings. The van der Waals surface area contributed by atoms with Gasteiger partial charge in [-0.3, -0.25) is 5.01 Å². The fourth-order valence-corrected chi connectivity index (χ4v) is 1.09. The summed E-state index contributed by atoms with van der Waals surface area (Å²) in [6.07, 6.45) is 4.52. The second-order valence-corrected chi connectivity index (χ2v) is 2.79. The van der Waals surface area contributed by atoms with E-state index in [0.717, 1.165) is 12.2 Å². The molecule has 0 atom stereocenters. The molecule has 1 aromatic rings. The SMILES string of the molecule is C=CN(NNC)c1ccc(CC)cn1. The maximum absolute atomic E-state index is 4.29. The van der Waals surface area contributed by atoms with Gasteiger partial charge in [-0.1, -0.05) is 19.6 Å². The lowest BCUT2D eigenvalue weighted by Crippen LogP contribution is -2.42. The van der Waals surface area contributed by atoms with E-state index >= 15 is 0 Å². The highest BCUT2D eigenvalue weighted by Crippen LogP contribution is 2.09. The van der Waals surface area contributed by atoms with E-state index in [1.165, 1.54) is 5.56 Å². The summed E-state index contributed by atoms with van der Waals surface area (Å²) in [7, 11) is 1.79. The van der Waals surface area contributed by atoms with Crippen LogP contribution in [0.15, 0.2) is 31.1 Å². The first-order valence-electron chi connectivity index (χ1n) is 4.61. The molecule has 2 N–H and O–H groups in total. The smallest absolute Gasteiger partial charge is 0.147 e. The number of hydrogen-bond acceptors (Lipinski definition) is 4. The summed E-state index contributed by atoms with van der Waals surface area (Å²) >= 11 is 0. The van der Waals surface area contributed by atoms with Gasteiger partial charge in [-0.15, -0.1) is 0 Å². The van der Waals surface area contributed by atoms with E-state index in [-0.39, 0.29) is 0 Å². The highest BCUT2D eigenvalue weighted by atomic mass is 15.7. The average Bonchev–Trinajstić information content (AvgIpc) is 2.26. The first-order chi connectivity index (χ1) is 6.81. The lowest BCUT2D eigenvalue weighted by atomic mass is 10.2. The van der Waals surface area contributed by atoms with Gasteiger partial charge in [-0.25, -0.2) is 10.4 Å². The third-order valence-electron chi connectivity index (χ3n) is 1.88. The maximum atomic E-state index is 4.29. The van der Waals surface area contributed by atoms with Gasteiger partial charge in [0.15, 0.2) is 0 Å². The van der Waals surface area contributed by atoms with Crippen LogP contribution in [0.2, 0.25) is 0 Å². The Balaban J connectivity index is 2.78. The second-order valence-electron chi connectivity index (χ2n) is 2.79. The predicted octanol–water partition coefficient (Wildman–Crippen LogP) is 1.23. The Kier molecular flexibility index (Phi) is 4.10. The zero-order valence-corrected chi connectivity index (χ0v) is 8.62. The molecule has 76 valence electrons. The summed E-state index contributed by atoms with van der Waals surface area (Å²) < 4.78 is 0. The third kappa shape index (κ3) is 2.55. The topological polar surface area (TPSA) is 40.2 Å². The number of hydrogen-bond donors (Lipinski definition) is 2. The van der Waals surface area contributed by atoms with E-state index in [2.05, 4.69) is 35.5 Å². The Labute approximate surface area is 84.6 Å². The Bertz CT molecular complexity index is 281. The van der Waals surface area contributed by atoms with E-state index in [9.17, 15) is 0 Å².